The first kappa shape index (κ1) is 31.7. The second kappa shape index (κ2) is 13.6. The van der Waals surface area contributed by atoms with Crippen LogP contribution >= 0.6 is 0 Å². The van der Waals surface area contributed by atoms with Crippen LogP contribution in [0.4, 0.5) is 23.4 Å². The van der Waals surface area contributed by atoms with E-state index >= 15 is 0 Å². The molecule has 1 aromatic heterocycles. The van der Waals surface area contributed by atoms with Crippen molar-refractivity contribution >= 4 is 28.7 Å². The number of nitrogens with zero attached hydrogens (tertiary/aromatic N) is 2. The third-order valence-corrected chi connectivity index (χ3v) is 5.13. The number of allylic oxidation sites excluding steroid dienone is 2. The van der Waals surface area contributed by atoms with Gasteiger partial charge in [-0.3, -0.25) is 4.31 Å². The maximum atomic E-state index is 13.1. The monoisotopic (exact) mass is 516 g/mol. The molecule has 1 heterocycles. The van der Waals surface area contributed by atoms with Gasteiger partial charge >= 0.3 is 58.7 Å². The van der Waals surface area contributed by atoms with Crippen molar-refractivity contribution < 1.29 is 97.2 Å². The van der Waals surface area contributed by atoms with Crippen LogP contribution in [-0.4, -0.2) is 49.1 Å². The summed E-state index contributed by atoms with van der Waals surface area (Å²) in [6.07, 6.45) is -2.43. The fourth-order valence-electron chi connectivity index (χ4n) is 2.08. The fraction of sp³-hybridized carbons (Fsp3) is 0.167. The topological polar surface area (TPSA) is 120 Å². The average molecular weight is 516 g/mol. The Hall–Kier alpha value is -1.30. The van der Waals surface area contributed by atoms with Crippen molar-refractivity contribution in [2.75, 3.05) is 11.4 Å². The van der Waals surface area contributed by atoms with Gasteiger partial charge in [-0.25, -0.2) is 31.0 Å². The number of aromatic nitrogens is 1. The predicted octanol–water partition coefficient (Wildman–Crippen LogP) is -0.711. The molecule has 0 aliphatic rings. The van der Waals surface area contributed by atoms with Crippen molar-refractivity contribution in [2.45, 2.75) is 18.0 Å². The van der Waals surface area contributed by atoms with E-state index in [4.69, 9.17) is 19.8 Å². The van der Waals surface area contributed by atoms with Gasteiger partial charge in [0.2, 0.25) is 0 Å². The molecule has 8 nitrogen and oxygen atoms in total. The number of anilines is 1. The Bertz CT molecular complexity index is 1060. The quantitative estimate of drug-likeness (QED) is 0.264. The van der Waals surface area contributed by atoms with Crippen molar-refractivity contribution in [3.63, 3.8) is 0 Å². The number of rotatable bonds is 6. The Morgan fingerprint density at radius 2 is 1.76 bits per heavy atom. The summed E-state index contributed by atoms with van der Waals surface area (Å²) in [6, 6.07) is 4.98. The molecule has 0 bridgehead atoms. The van der Waals surface area contributed by atoms with Gasteiger partial charge < -0.3 is 25.9 Å². The van der Waals surface area contributed by atoms with Crippen LogP contribution in [0, 0.1) is 11.9 Å². The zero-order chi connectivity index (χ0) is 24.7. The molecule has 0 saturated carbocycles. The Morgan fingerprint density at radius 3 is 2.18 bits per heavy atom. The summed E-state index contributed by atoms with van der Waals surface area (Å²) in [4.78, 5) is 3.49. The SMILES string of the molecule is C=C(C)c1cnc(N(C=[C-]C(F)(F)F)S(=O)(=O)c2ccc(F)cc2)c(OC)c1.OB(O)O.[K+]. The number of methoxy groups -OCH3 is 1. The molecule has 0 amide bonds. The largest absolute Gasteiger partial charge is 1.00 e. The molecule has 0 saturated heterocycles. The van der Waals surface area contributed by atoms with Crippen molar-refractivity contribution in [2.24, 2.45) is 0 Å². The van der Waals surface area contributed by atoms with Crippen molar-refractivity contribution in [1.29, 1.82) is 0 Å². The predicted molar refractivity (Wildman–Crippen MR) is 108 cm³/mol. The molecule has 0 aliphatic carbocycles. The van der Waals surface area contributed by atoms with E-state index in [9.17, 15) is 26.0 Å². The van der Waals surface area contributed by atoms with Gasteiger partial charge in [-0.15, -0.1) is 0 Å². The van der Waals surface area contributed by atoms with Gasteiger partial charge in [0.25, 0.3) is 16.2 Å². The normalized spacial score (nSPS) is 11.2. The zero-order valence-corrected chi connectivity index (χ0v) is 21.6. The number of alkyl halides is 3. The van der Waals surface area contributed by atoms with E-state index < -0.39 is 40.1 Å². The second-order valence-corrected chi connectivity index (χ2v) is 7.72. The van der Waals surface area contributed by atoms with E-state index in [1.54, 1.807) is 6.92 Å². The van der Waals surface area contributed by atoms with Crippen LogP contribution in [0.5, 0.6) is 5.75 Å². The number of hydrogen-bond donors (Lipinski definition) is 3. The minimum absolute atomic E-state index is 0. The summed E-state index contributed by atoms with van der Waals surface area (Å²) in [5.41, 5.74) is 1.09. The zero-order valence-electron chi connectivity index (χ0n) is 17.7. The molecular weight excluding hydrogens is 498 g/mol. The molecule has 2 aromatic rings. The third-order valence-electron chi connectivity index (χ3n) is 3.47. The first-order valence-electron chi connectivity index (χ1n) is 8.41. The van der Waals surface area contributed by atoms with Crippen LogP contribution in [0.2, 0.25) is 0 Å². The van der Waals surface area contributed by atoms with E-state index in [2.05, 4.69) is 11.6 Å². The molecule has 0 unspecified atom stereocenters. The average Bonchev–Trinajstić information content (AvgIpc) is 2.67. The van der Waals surface area contributed by atoms with Crippen LogP contribution in [0.15, 0.2) is 54.2 Å². The minimum Gasteiger partial charge on any atom is -0.493 e. The number of hydrogen-bond acceptors (Lipinski definition) is 7. The van der Waals surface area contributed by atoms with Gasteiger partial charge in [-0.2, -0.15) is 6.20 Å². The molecule has 174 valence electrons. The maximum Gasteiger partial charge on any atom is 1.00 e. The molecular formula is C18H18BF4KN2O6S. The molecule has 3 N–H and O–H groups in total. The summed E-state index contributed by atoms with van der Waals surface area (Å²) < 4.78 is 82.2. The molecule has 2 rings (SSSR count). The summed E-state index contributed by atoms with van der Waals surface area (Å²) in [7, 11) is -5.53. The Balaban J connectivity index is 0.00000189. The summed E-state index contributed by atoms with van der Waals surface area (Å²) in [6.45, 7) is 5.38. The second-order valence-electron chi connectivity index (χ2n) is 5.90. The molecule has 0 aliphatic heterocycles. The first-order valence-corrected chi connectivity index (χ1v) is 9.85. The minimum atomic E-state index is -4.90. The van der Waals surface area contributed by atoms with Gasteiger partial charge in [0.1, 0.15) is 5.82 Å². The smallest absolute Gasteiger partial charge is 0.493 e. The molecule has 1 aromatic carbocycles. The van der Waals surface area contributed by atoms with Gasteiger partial charge in [0.05, 0.1) is 12.0 Å². The van der Waals surface area contributed by atoms with Crippen LogP contribution in [0.1, 0.15) is 12.5 Å². The van der Waals surface area contributed by atoms with Crippen LogP contribution < -0.4 is 60.4 Å². The Kier molecular flexibility index (Phi) is 13.0. The van der Waals surface area contributed by atoms with E-state index in [-0.39, 0.29) is 67.6 Å². The molecule has 0 radical (unpaired) electrons. The van der Waals surface area contributed by atoms with Crippen molar-refractivity contribution in [1.82, 2.24) is 4.98 Å². The Labute approximate surface area is 230 Å². The number of pyridine rings is 1. The summed E-state index contributed by atoms with van der Waals surface area (Å²) in [5.74, 6) is -1.23. The van der Waals surface area contributed by atoms with Crippen LogP contribution in [-0.2, 0) is 10.0 Å². The number of sulfonamides is 1. The number of benzene rings is 1. The van der Waals surface area contributed by atoms with Gasteiger partial charge in [0.15, 0.2) is 11.6 Å². The maximum absolute atomic E-state index is 13.1. The number of halogens is 4. The van der Waals surface area contributed by atoms with Crippen LogP contribution in [0.3, 0.4) is 0 Å². The molecule has 15 heteroatoms. The Morgan fingerprint density at radius 1 is 1.24 bits per heavy atom. The molecule has 0 spiro atoms. The van der Waals surface area contributed by atoms with Gasteiger partial charge in [-0.1, -0.05) is 6.58 Å². The van der Waals surface area contributed by atoms with Crippen molar-refractivity contribution in [3.05, 3.63) is 66.8 Å². The van der Waals surface area contributed by atoms with E-state index in [1.807, 2.05) is 0 Å². The standard InChI is InChI=1S/C18H15F4N2O3S.BH3O3.K/c1-12(2)13-10-16(27-3)17(23-11-13)24(9-8-18(20,21)22)28(25,26)15-6-4-14(19)5-7-15;2-1(3)4;/h4-7,9-11H,1H2,2-3H3;2-4H;/q-1;;+1. The van der Waals surface area contributed by atoms with E-state index in [0.29, 0.717) is 11.1 Å². The van der Waals surface area contributed by atoms with E-state index in [0.717, 1.165) is 30.3 Å². The van der Waals surface area contributed by atoms with Gasteiger partial charge in [0, 0.05) is 6.20 Å². The summed E-state index contributed by atoms with van der Waals surface area (Å²) >= 11 is 0. The first-order chi connectivity index (χ1) is 14.7. The molecule has 33 heavy (non-hydrogen) atoms. The van der Waals surface area contributed by atoms with Crippen LogP contribution in [0.25, 0.3) is 5.57 Å². The third kappa shape index (κ3) is 10.2. The number of ether oxygens (including phenoxy) is 1. The summed E-state index contributed by atoms with van der Waals surface area (Å²) in [5, 5.41) is 21.5. The van der Waals surface area contributed by atoms with Gasteiger partial charge in [-0.05, 0) is 48.4 Å². The van der Waals surface area contributed by atoms with Crippen molar-refractivity contribution in [3.8, 4) is 5.75 Å². The van der Waals surface area contributed by atoms with E-state index in [1.165, 1.54) is 19.4 Å². The molecule has 0 atom stereocenters. The molecule has 0 fully saturated rings. The fourth-order valence-corrected chi connectivity index (χ4v) is 3.35.